The zero-order chi connectivity index (χ0) is 16.5. The largest absolute Gasteiger partial charge is 0.355 e. The summed E-state index contributed by atoms with van der Waals surface area (Å²) in [5.74, 6) is 0.666. The molecular weight excluding hydrogens is 280 g/mol. The summed E-state index contributed by atoms with van der Waals surface area (Å²) in [7, 11) is 0. The molecule has 1 aliphatic heterocycles. The van der Waals surface area contributed by atoms with Gasteiger partial charge in [0.1, 0.15) is 0 Å². The molecule has 0 aromatic heterocycles. The summed E-state index contributed by atoms with van der Waals surface area (Å²) in [5, 5.41) is 5.93. The van der Waals surface area contributed by atoms with Crippen LogP contribution in [0.5, 0.6) is 0 Å². The van der Waals surface area contributed by atoms with Crippen LogP contribution < -0.4 is 10.6 Å². The van der Waals surface area contributed by atoms with E-state index in [-0.39, 0.29) is 17.9 Å². The number of hydrogen-bond donors (Lipinski definition) is 2. The van der Waals surface area contributed by atoms with E-state index in [0.717, 1.165) is 39.1 Å². The van der Waals surface area contributed by atoms with Crippen molar-refractivity contribution < 1.29 is 9.59 Å². The Balaban J connectivity index is 2.20. The third-order valence-corrected chi connectivity index (χ3v) is 3.93. The molecule has 1 aliphatic rings. The number of amides is 2. The molecule has 1 unspecified atom stereocenters. The number of carbonyl (C=O) groups is 2. The topological polar surface area (TPSA) is 64.7 Å². The van der Waals surface area contributed by atoms with E-state index in [2.05, 4.69) is 41.2 Å². The second-order valence-electron chi connectivity index (χ2n) is 6.63. The first-order chi connectivity index (χ1) is 10.4. The summed E-state index contributed by atoms with van der Waals surface area (Å²) in [4.78, 5) is 28.0. The maximum absolute atomic E-state index is 11.9. The van der Waals surface area contributed by atoms with Crippen molar-refractivity contribution >= 4 is 11.8 Å². The summed E-state index contributed by atoms with van der Waals surface area (Å²) < 4.78 is 0. The third-order valence-electron chi connectivity index (χ3n) is 3.93. The van der Waals surface area contributed by atoms with Gasteiger partial charge in [-0.15, -0.1) is 0 Å². The van der Waals surface area contributed by atoms with Crippen molar-refractivity contribution in [3.05, 3.63) is 0 Å². The van der Waals surface area contributed by atoms with Gasteiger partial charge < -0.3 is 10.6 Å². The van der Waals surface area contributed by atoms with Gasteiger partial charge in [-0.3, -0.25) is 19.4 Å². The Morgan fingerprint density at radius 2 is 1.45 bits per heavy atom. The molecule has 0 radical (unpaired) electrons. The number of piperazine rings is 1. The van der Waals surface area contributed by atoms with Crippen LogP contribution in [0.2, 0.25) is 0 Å². The molecule has 1 atom stereocenters. The number of hydrogen-bond acceptors (Lipinski definition) is 4. The summed E-state index contributed by atoms with van der Waals surface area (Å²) in [6.07, 6.45) is 0.949. The van der Waals surface area contributed by atoms with Crippen LogP contribution in [-0.2, 0) is 9.59 Å². The van der Waals surface area contributed by atoms with E-state index in [9.17, 15) is 9.59 Å². The molecule has 128 valence electrons. The normalized spacial score (nSPS) is 18.2. The molecule has 6 heteroatoms. The van der Waals surface area contributed by atoms with Crippen molar-refractivity contribution in [2.75, 3.05) is 45.8 Å². The lowest BCUT2D eigenvalue weighted by molar-refractivity contribution is -0.125. The first-order valence-corrected chi connectivity index (χ1v) is 8.41. The lowest BCUT2D eigenvalue weighted by Gasteiger charge is -2.34. The van der Waals surface area contributed by atoms with Crippen LogP contribution in [0.4, 0.5) is 0 Å². The maximum Gasteiger partial charge on any atom is 0.234 e. The van der Waals surface area contributed by atoms with E-state index < -0.39 is 0 Å². The zero-order valence-electron chi connectivity index (χ0n) is 14.5. The Hall–Kier alpha value is -1.14. The van der Waals surface area contributed by atoms with Crippen LogP contribution >= 0.6 is 0 Å². The van der Waals surface area contributed by atoms with Crippen LogP contribution in [-0.4, -0.2) is 73.5 Å². The Morgan fingerprint density at radius 1 is 0.955 bits per heavy atom. The van der Waals surface area contributed by atoms with Gasteiger partial charge in [0.25, 0.3) is 0 Å². The van der Waals surface area contributed by atoms with Crippen LogP contribution in [0.15, 0.2) is 0 Å². The monoisotopic (exact) mass is 312 g/mol. The number of rotatable bonds is 8. The fourth-order valence-corrected chi connectivity index (χ4v) is 2.31. The lowest BCUT2D eigenvalue weighted by atomic mass is 10.2. The van der Waals surface area contributed by atoms with E-state index in [1.54, 1.807) is 0 Å². The molecule has 1 fully saturated rings. The third kappa shape index (κ3) is 7.75. The van der Waals surface area contributed by atoms with Crippen molar-refractivity contribution in [3.8, 4) is 0 Å². The molecule has 0 aliphatic carbocycles. The van der Waals surface area contributed by atoms with Crippen LogP contribution in [0, 0.1) is 5.92 Å². The Labute approximate surface area is 134 Å². The minimum absolute atomic E-state index is 0.0941. The molecule has 0 bridgehead atoms. The SMILES string of the molecule is CCC(C)NC(=O)CN1CCN(CC(=O)NCC(C)C)CC1. The van der Waals surface area contributed by atoms with Gasteiger partial charge in [0, 0.05) is 38.8 Å². The number of nitrogens with zero attached hydrogens (tertiary/aromatic N) is 2. The Kier molecular flexibility index (Phi) is 8.42. The van der Waals surface area contributed by atoms with E-state index in [4.69, 9.17) is 0 Å². The highest BCUT2D eigenvalue weighted by Gasteiger charge is 2.20. The molecule has 0 saturated carbocycles. The first-order valence-electron chi connectivity index (χ1n) is 8.41. The molecule has 0 aromatic carbocycles. The first kappa shape index (κ1) is 18.9. The minimum Gasteiger partial charge on any atom is -0.355 e. The summed E-state index contributed by atoms with van der Waals surface area (Å²) in [6, 6.07) is 0.235. The van der Waals surface area contributed by atoms with Gasteiger partial charge in [0.15, 0.2) is 0 Å². The molecule has 22 heavy (non-hydrogen) atoms. The fraction of sp³-hybridized carbons (Fsp3) is 0.875. The summed E-state index contributed by atoms with van der Waals surface area (Å²) >= 11 is 0. The lowest BCUT2D eigenvalue weighted by Crippen LogP contribution is -2.52. The molecule has 1 heterocycles. The average Bonchev–Trinajstić information content (AvgIpc) is 2.47. The predicted octanol–water partition coefficient (Wildman–Crippen LogP) is 0.291. The zero-order valence-corrected chi connectivity index (χ0v) is 14.5. The van der Waals surface area contributed by atoms with Crippen molar-refractivity contribution in [1.82, 2.24) is 20.4 Å². The molecule has 6 nitrogen and oxygen atoms in total. The van der Waals surface area contributed by atoms with Crippen LogP contribution in [0.25, 0.3) is 0 Å². The molecule has 2 N–H and O–H groups in total. The fourth-order valence-electron chi connectivity index (χ4n) is 2.31. The van der Waals surface area contributed by atoms with E-state index >= 15 is 0 Å². The van der Waals surface area contributed by atoms with Gasteiger partial charge in [0.05, 0.1) is 13.1 Å². The molecule has 0 spiro atoms. The quantitative estimate of drug-likeness (QED) is 0.676. The van der Waals surface area contributed by atoms with Crippen LogP contribution in [0.3, 0.4) is 0 Å². The standard InChI is InChI=1S/C16H32N4O2/c1-5-14(4)18-16(22)12-20-8-6-19(7-9-20)11-15(21)17-10-13(2)3/h13-14H,5-12H2,1-4H3,(H,17,21)(H,18,22). The second-order valence-corrected chi connectivity index (χ2v) is 6.63. The van der Waals surface area contributed by atoms with E-state index in [1.165, 1.54) is 0 Å². The molecule has 0 aromatic rings. The van der Waals surface area contributed by atoms with Gasteiger partial charge in [-0.05, 0) is 19.3 Å². The number of carbonyl (C=O) groups excluding carboxylic acids is 2. The average molecular weight is 312 g/mol. The van der Waals surface area contributed by atoms with Crippen LogP contribution in [0.1, 0.15) is 34.1 Å². The summed E-state index contributed by atoms with van der Waals surface area (Å²) in [6.45, 7) is 13.3. The summed E-state index contributed by atoms with van der Waals surface area (Å²) in [5.41, 5.74) is 0. The smallest absolute Gasteiger partial charge is 0.234 e. The Bertz CT molecular complexity index is 352. The van der Waals surface area contributed by atoms with Gasteiger partial charge in [0.2, 0.25) is 11.8 Å². The Morgan fingerprint density at radius 3 is 1.91 bits per heavy atom. The molecule has 2 amide bonds. The molecule has 1 saturated heterocycles. The van der Waals surface area contributed by atoms with Crippen molar-refractivity contribution in [1.29, 1.82) is 0 Å². The maximum atomic E-state index is 11.9. The predicted molar refractivity (Wildman–Crippen MR) is 88.6 cm³/mol. The van der Waals surface area contributed by atoms with E-state index in [0.29, 0.717) is 19.0 Å². The van der Waals surface area contributed by atoms with Crippen molar-refractivity contribution in [2.45, 2.75) is 40.2 Å². The van der Waals surface area contributed by atoms with E-state index in [1.807, 2.05) is 6.92 Å². The van der Waals surface area contributed by atoms with Gasteiger partial charge in [-0.1, -0.05) is 20.8 Å². The highest BCUT2D eigenvalue weighted by atomic mass is 16.2. The second kappa shape index (κ2) is 9.79. The molecular formula is C16H32N4O2. The van der Waals surface area contributed by atoms with Crippen molar-refractivity contribution in [2.24, 2.45) is 5.92 Å². The highest BCUT2D eigenvalue weighted by molar-refractivity contribution is 5.78. The van der Waals surface area contributed by atoms with Gasteiger partial charge in [-0.2, -0.15) is 0 Å². The number of nitrogens with one attached hydrogen (secondary N) is 2. The highest BCUT2D eigenvalue weighted by Crippen LogP contribution is 2.01. The van der Waals surface area contributed by atoms with Gasteiger partial charge in [-0.25, -0.2) is 0 Å². The minimum atomic E-state index is 0.0941. The molecule has 1 rings (SSSR count). The van der Waals surface area contributed by atoms with Gasteiger partial charge >= 0.3 is 0 Å². The van der Waals surface area contributed by atoms with Crippen molar-refractivity contribution in [3.63, 3.8) is 0 Å².